The van der Waals surface area contributed by atoms with Gasteiger partial charge in [-0.3, -0.25) is 9.59 Å². The van der Waals surface area contributed by atoms with Crippen LogP contribution in [-0.4, -0.2) is 35.5 Å². The van der Waals surface area contributed by atoms with Crippen LogP contribution in [0.15, 0.2) is 95.5 Å². The molecule has 0 aliphatic rings. The topological polar surface area (TPSA) is 75.4 Å². The molecule has 4 rings (SSSR count). The first kappa shape index (κ1) is 23.0. The monoisotopic (exact) mass is 453 g/mol. The molecule has 1 aromatic heterocycles. The highest BCUT2D eigenvalue weighted by Crippen LogP contribution is 2.22. The van der Waals surface area contributed by atoms with Crippen LogP contribution in [0.2, 0.25) is 0 Å². The van der Waals surface area contributed by atoms with Crippen LogP contribution in [0, 0.1) is 6.92 Å². The third-order valence-corrected chi connectivity index (χ3v) is 5.61. The number of likely N-dealkylation sites (N-methyl/N-ethyl adjacent to an activating group) is 1. The van der Waals surface area contributed by atoms with Crippen molar-refractivity contribution in [2.75, 3.05) is 13.6 Å². The van der Waals surface area contributed by atoms with Crippen molar-refractivity contribution in [1.29, 1.82) is 0 Å². The highest BCUT2D eigenvalue weighted by atomic mass is 16.5. The Morgan fingerprint density at radius 1 is 0.941 bits per heavy atom. The third-order valence-electron chi connectivity index (χ3n) is 5.61. The van der Waals surface area contributed by atoms with E-state index in [1.54, 1.807) is 13.1 Å². The molecule has 0 saturated carbocycles. The second-order valence-corrected chi connectivity index (χ2v) is 8.32. The number of benzene rings is 3. The summed E-state index contributed by atoms with van der Waals surface area (Å²) in [5.41, 5.74) is 4.26. The van der Waals surface area contributed by atoms with Crippen LogP contribution >= 0.6 is 0 Å². The number of aromatic nitrogens is 1. The Morgan fingerprint density at radius 2 is 1.59 bits per heavy atom. The minimum atomic E-state index is -0.378. The quantitative estimate of drug-likeness (QED) is 0.415. The summed E-state index contributed by atoms with van der Waals surface area (Å²) >= 11 is 0. The molecule has 0 bridgehead atoms. The number of hydrogen-bond acceptors (Lipinski definition) is 4. The van der Waals surface area contributed by atoms with Gasteiger partial charge in [0.05, 0.1) is 12.6 Å². The lowest BCUT2D eigenvalue weighted by Gasteiger charge is -2.22. The fourth-order valence-corrected chi connectivity index (χ4v) is 3.74. The summed E-state index contributed by atoms with van der Waals surface area (Å²) in [7, 11) is 1.58. The predicted molar refractivity (Wildman–Crippen MR) is 131 cm³/mol. The van der Waals surface area contributed by atoms with Crippen molar-refractivity contribution in [3.05, 3.63) is 113 Å². The first-order valence-corrected chi connectivity index (χ1v) is 11.2. The van der Waals surface area contributed by atoms with E-state index in [-0.39, 0.29) is 30.1 Å². The van der Waals surface area contributed by atoms with Gasteiger partial charge >= 0.3 is 0 Å². The Hall–Kier alpha value is -4.19. The van der Waals surface area contributed by atoms with E-state index in [9.17, 15) is 9.59 Å². The second-order valence-electron chi connectivity index (χ2n) is 8.32. The average Bonchev–Trinajstić information content (AvgIpc) is 3.35. The van der Waals surface area contributed by atoms with Crippen molar-refractivity contribution in [3.8, 4) is 11.3 Å². The second kappa shape index (κ2) is 10.6. The van der Waals surface area contributed by atoms with Crippen LogP contribution in [0.5, 0.6) is 0 Å². The summed E-state index contributed by atoms with van der Waals surface area (Å²) < 4.78 is 5.36. The van der Waals surface area contributed by atoms with Gasteiger partial charge in [0.15, 0.2) is 11.5 Å². The van der Waals surface area contributed by atoms with E-state index >= 15 is 0 Å². The van der Waals surface area contributed by atoms with E-state index in [1.165, 1.54) is 4.90 Å². The molecule has 6 heteroatoms. The molecule has 2 amide bonds. The zero-order valence-corrected chi connectivity index (χ0v) is 19.3. The first-order chi connectivity index (χ1) is 16.5. The number of nitrogens with one attached hydrogen (secondary N) is 1. The van der Waals surface area contributed by atoms with Crippen LogP contribution in [0.3, 0.4) is 0 Å². The number of rotatable bonds is 8. The molecule has 0 spiro atoms. The minimum absolute atomic E-state index is 0.0936. The Morgan fingerprint density at radius 3 is 2.26 bits per heavy atom. The normalized spacial score (nSPS) is 11.6. The molecule has 0 saturated heterocycles. The summed E-state index contributed by atoms with van der Waals surface area (Å²) in [6.07, 6.45) is 0.650. The highest BCUT2D eigenvalue weighted by Gasteiger charge is 2.22. The third kappa shape index (κ3) is 5.78. The van der Waals surface area contributed by atoms with Gasteiger partial charge in [0, 0.05) is 18.7 Å². The molecule has 4 aromatic rings. The predicted octanol–water partition coefficient (Wildman–Crippen LogP) is 4.82. The van der Waals surface area contributed by atoms with Gasteiger partial charge in [-0.1, -0.05) is 95.6 Å². The Labute approximate surface area is 199 Å². The Balaban J connectivity index is 1.41. The van der Waals surface area contributed by atoms with Crippen molar-refractivity contribution in [1.82, 2.24) is 15.4 Å². The molecule has 0 aliphatic carbocycles. The Bertz CT molecular complexity index is 1230. The maximum atomic E-state index is 12.9. The number of amides is 2. The van der Waals surface area contributed by atoms with Gasteiger partial charge in [-0.05, 0) is 24.5 Å². The zero-order chi connectivity index (χ0) is 23.9. The summed E-state index contributed by atoms with van der Waals surface area (Å²) in [6, 6.07) is 29.0. The smallest absolute Gasteiger partial charge is 0.276 e. The molecular weight excluding hydrogens is 426 g/mol. The van der Waals surface area contributed by atoms with Crippen LogP contribution in [0.25, 0.3) is 11.3 Å². The molecule has 3 aromatic carbocycles. The minimum Gasteiger partial charge on any atom is -0.355 e. The number of aryl methyl sites for hydroxylation is 1. The van der Waals surface area contributed by atoms with Crippen LogP contribution in [0.4, 0.5) is 0 Å². The first-order valence-electron chi connectivity index (χ1n) is 11.2. The summed E-state index contributed by atoms with van der Waals surface area (Å²) in [5, 5.41) is 6.99. The van der Waals surface area contributed by atoms with Crippen LogP contribution < -0.4 is 5.32 Å². The lowest BCUT2D eigenvalue weighted by atomic mass is 9.99. The standard InChI is InChI=1S/C28H27N3O3/c1-20-13-15-23(16-14-20)26-18-25(30-34-26)28(33)31(2)19-27(32)29-24(22-11-7-4-8-12-22)17-21-9-5-3-6-10-21/h3-16,18,24H,17,19H2,1-2H3,(H,29,32)/t24-/m1/s1. The molecule has 1 N–H and O–H groups in total. The molecule has 0 aliphatic heterocycles. The van der Waals surface area contributed by atoms with Crippen LogP contribution in [0.1, 0.15) is 33.2 Å². The molecule has 1 atom stereocenters. The molecule has 1 heterocycles. The van der Waals surface area contributed by atoms with E-state index in [0.29, 0.717) is 12.2 Å². The van der Waals surface area contributed by atoms with Crippen molar-refractivity contribution < 1.29 is 14.1 Å². The molecule has 0 radical (unpaired) electrons. The maximum Gasteiger partial charge on any atom is 0.276 e. The van der Waals surface area contributed by atoms with Crippen molar-refractivity contribution in [3.63, 3.8) is 0 Å². The molecule has 6 nitrogen and oxygen atoms in total. The highest BCUT2D eigenvalue weighted by molar-refractivity contribution is 5.95. The van der Waals surface area contributed by atoms with E-state index < -0.39 is 0 Å². The molecular formula is C28H27N3O3. The molecule has 0 unspecified atom stereocenters. The average molecular weight is 454 g/mol. The number of carbonyl (C=O) groups is 2. The van der Waals surface area contributed by atoms with Crippen molar-refractivity contribution >= 4 is 11.8 Å². The zero-order valence-electron chi connectivity index (χ0n) is 19.3. The largest absolute Gasteiger partial charge is 0.355 e. The van der Waals surface area contributed by atoms with Gasteiger partial charge in [0.25, 0.3) is 5.91 Å². The lowest BCUT2D eigenvalue weighted by molar-refractivity contribution is -0.122. The summed E-state index contributed by atoms with van der Waals surface area (Å²) in [4.78, 5) is 27.1. The number of hydrogen-bond donors (Lipinski definition) is 1. The fraction of sp³-hybridized carbons (Fsp3) is 0.179. The lowest BCUT2D eigenvalue weighted by Crippen LogP contribution is -2.40. The SMILES string of the molecule is Cc1ccc(-c2cc(C(=O)N(C)CC(=O)N[C@H](Cc3ccccc3)c3ccccc3)no2)cc1. The van der Waals surface area contributed by atoms with Gasteiger partial charge in [-0.25, -0.2) is 0 Å². The number of nitrogens with zero attached hydrogens (tertiary/aromatic N) is 2. The van der Waals surface area contributed by atoms with Gasteiger partial charge in [-0.2, -0.15) is 0 Å². The van der Waals surface area contributed by atoms with E-state index in [2.05, 4.69) is 10.5 Å². The summed E-state index contributed by atoms with van der Waals surface area (Å²) in [5.74, 6) is -0.118. The maximum absolute atomic E-state index is 12.9. The van der Waals surface area contributed by atoms with Crippen molar-refractivity contribution in [2.45, 2.75) is 19.4 Å². The van der Waals surface area contributed by atoms with E-state index in [0.717, 1.165) is 22.3 Å². The summed E-state index contributed by atoms with van der Waals surface area (Å²) in [6.45, 7) is 1.91. The van der Waals surface area contributed by atoms with Gasteiger partial charge in [0.2, 0.25) is 5.91 Å². The molecule has 172 valence electrons. The van der Waals surface area contributed by atoms with Crippen molar-refractivity contribution in [2.24, 2.45) is 0 Å². The number of carbonyl (C=O) groups excluding carboxylic acids is 2. The van der Waals surface area contributed by atoms with Gasteiger partial charge in [-0.15, -0.1) is 0 Å². The van der Waals surface area contributed by atoms with Crippen LogP contribution in [-0.2, 0) is 11.2 Å². The van der Waals surface area contributed by atoms with Gasteiger partial charge < -0.3 is 14.7 Å². The van der Waals surface area contributed by atoms with Gasteiger partial charge in [0.1, 0.15) is 0 Å². The van der Waals surface area contributed by atoms with E-state index in [1.807, 2.05) is 91.9 Å². The molecule has 34 heavy (non-hydrogen) atoms. The fourth-order valence-electron chi connectivity index (χ4n) is 3.74. The van der Waals surface area contributed by atoms with E-state index in [4.69, 9.17) is 4.52 Å². The molecule has 0 fully saturated rings. The Kier molecular flexibility index (Phi) is 7.18.